The summed E-state index contributed by atoms with van der Waals surface area (Å²) in [6.45, 7) is 3.74. The van der Waals surface area contributed by atoms with Crippen LogP contribution in [-0.4, -0.2) is 10.1 Å². The van der Waals surface area contributed by atoms with Gasteiger partial charge in [-0.3, -0.25) is 0 Å². The fourth-order valence-corrected chi connectivity index (χ4v) is 1.39. The van der Waals surface area contributed by atoms with Crippen LogP contribution in [0.15, 0.2) is 19.7 Å². The lowest BCUT2D eigenvalue weighted by molar-refractivity contribution is 0.424. The number of halogens is 1. The van der Waals surface area contributed by atoms with Crippen LogP contribution in [-0.2, 0) is 0 Å². The molecule has 0 saturated carbocycles. The molecule has 0 aromatic carbocycles. The van der Waals surface area contributed by atoms with Gasteiger partial charge in [-0.05, 0) is 41.0 Å². The topological polar surface area (TPSA) is 52.1 Å². The minimum absolute atomic E-state index is 0.445. The molecule has 0 fully saturated rings. The Labute approximate surface area is 83.1 Å². The van der Waals surface area contributed by atoms with E-state index in [1.807, 2.05) is 19.9 Å². The van der Waals surface area contributed by atoms with Crippen molar-refractivity contribution >= 4 is 15.9 Å². The molecule has 0 radical (unpaired) electrons. The van der Waals surface area contributed by atoms with Gasteiger partial charge in [-0.15, -0.1) is 0 Å². The van der Waals surface area contributed by atoms with Crippen molar-refractivity contribution in [1.29, 1.82) is 0 Å². The Kier molecular flexibility index (Phi) is 1.95. The molecule has 0 aliphatic rings. The molecule has 4 nitrogen and oxygen atoms in total. The van der Waals surface area contributed by atoms with Crippen molar-refractivity contribution in [3.05, 3.63) is 22.3 Å². The van der Waals surface area contributed by atoms with E-state index in [9.17, 15) is 0 Å². The molecule has 0 bridgehead atoms. The molecule has 68 valence electrons. The molecule has 0 unspecified atom stereocenters. The molecule has 2 aromatic rings. The quantitative estimate of drug-likeness (QED) is 0.772. The van der Waals surface area contributed by atoms with Crippen molar-refractivity contribution in [1.82, 2.24) is 10.1 Å². The molecule has 0 atom stereocenters. The van der Waals surface area contributed by atoms with Crippen LogP contribution in [0.5, 0.6) is 0 Å². The Bertz CT molecular complexity index is 433. The zero-order valence-electron chi connectivity index (χ0n) is 7.17. The van der Waals surface area contributed by atoms with Crippen LogP contribution in [0.4, 0.5) is 0 Å². The van der Waals surface area contributed by atoms with E-state index in [0.717, 1.165) is 17.1 Å². The summed E-state index contributed by atoms with van der Waals surface area (Å²) < 4.78 is 10.8. The number of furan rings is 1. The minimum Gasteiger partial charge on any atom is -0.466 e. The Hall–Kier alpha value is -1.10. The van der Waals surface area contributed by atoms with E-state index >= 15 is 0 Å². The number of nitrogens with zero attached hydrogens (tertiary/aromatic N) is 2. The molecule has 5 heteroatoms. The maximum absolute atomic E-state index is 5.34. The van der Waals surface area contributed by atoms with Crippen molar-refractivity contribution in [2.75, 3.05) is 0 Å². The van der Waals surface area contributed by atoms with Crippen LogP contribution in [0.3, 0.4) is 0 Å². The third kappa shape index (κ3) is 1.51. The SMILES string of the molecule is Cc1cc(-c2nc(Br)no2)c(C)o1. The summed E-state index contributed by atoms with van der Waals surface area (Å²) in [5, 5.41) is 3.63. The molecule has 13 heavy (non-hydrogen) atoms. The molecule has 0 spiro atoms. The van der Waals surface area contributed by atoms with Crippen molar-refractivity contribution in [3.63, 3.8) is 0 Å². The second kappa shape index (κ2) is 2.99. The minimum atomic E-state index is 0.445. The highest BCUT2D eigenvalue weighted by atomic mass is 79.9. The van der Waals surface area contributed by atoms with Crippen LogP contribution in [0, 0.1) is 13.8 Å². The van der Waals surface area contributed by atoms with E-state index in [-0.39, 0.29) is 0 Å². The molecule has 2 heterocycles. The van der Waals surface area contributed by atoms with E-state index in [1.165, 1.54) is 0 Å². The molecular weight excluding hydrogens is 236 g/mol. The van der Waals surface area contributed by atoms with Crippen LogP contribution >= 0.6 is 15.9 Å². The summed E-state index contributed by atoms with van der Waals surface area (Å²) >= 11 is 3.11. The van der Waals surface area contributed by atoms with E-state index in [0.29, 0.717) is 10.6 Å². The van der Waals surface area contributed by atoms with Gasteiger partial charge in [0.25, 0.3) is 5.89 Å². The third-order valence-corrected chi connectivity index (χ3v) is 1.99. The maximum atomic E-state index is 5.34. The highest BCUT2D eigenvalue weighted by Crippen LogP contribution is 2.25. The lowest BCUT2D eigenvalue weighted by atomic mass is 10.2. The van der Waals surface area contributed by atoms with Crippen molar-refractivity contribution < 1.29 is 8.94 Å². The van der Waals surface area contributed by atoms with Gasteiger partial charge in [0.1, 0.15) is 11.5 Å². The fraction of sp³-hybridized carbons (Fsp3) is 0.250. The average molecular weight is 243 g/mol. The van der Waals surface area contributed by atoms with E-state index < -0.39 is 0 Å². The number of aryl methyl sites for hydroxylation is 2. The first kappa shape index (κ1) is 8.50. The predicted octanol–water partition coefficient (Wildman–Crippen LogP) is 2.71. The molecule has 2 aromatic heterocycles. The van der Waals surface area contributed by atoms with Crippen molar-refractivity contribution in [2.24, 2.45) is 0 Å². The van der Waals surface area contributed by atoms with Crippen LogP contribution < -0.4 is 0 Å². The van der Waals surface area contributed by atoms with Crippen LogP contribution in [0.1, 0.15) is 11.5 Å². The third-order valence-electron chi connectivity index (χ3n) is 1.67. The highest BCUT2D eigenvalue weighted by molar-refractivity contribution is 9.10. The molecule has 0 saturated heterocycles. The summed E-state index contributed by atoms with van der Waals surface area (Å²) in [7, 11) is 0. The second-order valence-corrected chi connectivity index (χ2v) is 3.40. The van der Waals surface area contributed by atoms with Gasteiger partial charge >= 0.3 is 0 Å². The highest BCUT2D eigenvalue weighted by Gasteiger charge is 2.13. The number of hydrogen-bond acceptors (Lipinski definition) is 4. The number of aromatic nitrogens is 2. The van der Waals surface area contributed by atoms with Crippen molar-refractivity contribution in [3.8, 4) is 11.5 Å². The van der Waals surface area contributed by atoms with Gasteiger partial charge in [-0.2, -0.15) is 4.98 Å². The summed E-state index contributed by atoms with van der Waals surface area (Å²) in [4.78, 5) is 4.03. The lowest BCUT2D eigenvalue weighted by Crippen LogP contribution is -1.75. The molecule has 0 aliphatic heterocycles. The predicted molar refractivity (Wildman–Crippen MR) is 49.2 cm³/mol. The van der Waals surface area contributed by atoms with Gasteiger partial charge in [0.2, 0.25) is 4.73 Å². The largest absolute Gasteiger partial charge is 0.466 e. The first-order valence-electron chi connectivity index (χ1n) is 3.73. The van der Waals surface area contributed by atoms with Crippen LogP contribution in [0.25, 0.3) is 11.5 Å². The Balaban J connectivity index is 2.51. The summed E-state index contributed by atoms with van der Waals surface area (Å²) in [5.41, 5.74) is 0.843. The summed E-state index contributed by atoms with van der Waals surface area (Å²) in [6, 6.07) is 1.87. The van der Waals surface area contributed by atoms with Gasteiger partial charge < -0.3 is 8.94 Å². The van der Waals surface area contributed by atoms with Gasteiger partial charge in [-0.1, -0.05) is 0 Å². The molecule has 2 rings (SSSR count). The van der Waals surface area contributed by atoms with E-state index in [1.54, 1.807) is 0 Å². The van der Waals surface area contributed by atoms with Gasteiger partial charge in [0.15, 0.2) is 0 Å². The summed E-state index contributed by atoms with van der Waals surface area (Å²) in [6.07, 6.45) is 0. The first-order chi connectivity index (χ1) is 6.16. The normalized spacial score (nSPS) is 10.7. The molecular formula is C8H7BrN2O2. The van der Waals surface area contributed by atoms with E-state index in [4.69, 9.17) is 8.94 Å². The first-order valence-corrected chi connectivity index (χ1v) is 4.53. The Morgan fingerprint density at radius 3 is 2.62 bits per heavy atom. The fourth-order valence-electron chi connectivity index (χ4n) is 1.16. The monoisotopic (exact) mass is 242 g/mol. The van der Waals surface area contributed by atoms with Gasteiger partial charge in [0, 0.05) is 0 Å². The summed E-state index contributed by atoms with van der Waals surface area (Å²) in [5.74, 6) is 2.09. The molecule has 0 aliphatic carbocycles. The van der Waals surface area contributed by atoms with E-state index in [2.05, 4.69) is 26.1 Å². The zero-order chi connectivity index (χ0) is 9.42. The standard InChI is InChI=1S/C8H7BrN2O2/c1-4-3-6(5(2)12-4)7-10-8(9)11-13-7/h3H,1-2H3. The number of rotatable bonds is 1. The Morgan fingerprint density at radius 2 is 2.15 bits per heavy atom. The van der Waals surface area contributed by atoms with Crippen molar-refractivity contribution in [2.45, 2.75) is 13.8 Å². The van der Waals surface area contributed by atoms with Gasteiger partial charge in [-0.25, -0.2) is 0 Å². The lowest BCUT2D eigenvalue weighted by Gasteiger charge is -1.86. The average Bonchev–Trinajstić information content (AvgIpc) is 2.58. The molecule has 0 N–H and O–H groups in total. The smallest absolute Gasteiger partial charge is 0.262 e. The zero-order valence-corrected chi connectivity index (χ0v) is 8.75. The molecule has 0 amide bonds. The number of hydrogen-bond donors (Lipinski definition) is 0. The second-order valence-electron chi connectivity index (χ2n) is 2.70. The maximum Gasteiger partial charge on any atom is 0.262 e. The van der Waals surface area contributed by atoms with Crippen LogP contribution in [0.2, 0.25) is 0 Å². The van der Waals surface area contributed by atoms with Gasteiger partial charge in [0.05, 0.1) is 5.56 Å². The Morgan fingerprint density at radius 1 is 1.38 bits per heavy atom.